The van der Waals surface area contributed by atoms with E-state index in [1.54, 1.807) is 12.1 Å². The van der Waals surface area contributed by atoms with Crippen molar-refractivity contribution >= 4 is 0 Å². The molecule has 122 valence electrons. The molecule has 1 aliphatic carbocycles. The molecule has 1 aromatic carbocycles. The molecule has 1 aliphatic heterocycles. The Bertz CT molecular complexity index is 491. The molecule has 0 aromatic heterocycles. The maximum absolute atomic E-state index is 13.3. The first-order valence-electron chi connectivity index (χ1n) is 8.58. The molecule has 0 bridgehead atoms. The van der Waals surface area contributed by atoms with Gasteiger partial charge in [0.15, 0.2) is 0 Å². The smallest absolute Gasteiger partial charge is 0.123 e. The Balaban J connectivity index is 1.79. The highest BCUT2D eigenvalue weighted by Crippen LogP contribution is 2.52. The Hall–Kier alpha value is -0.930. The van der Waals surface area contributed by atoms with Gasteiger partial charge < -0.3 is 4.90 Å². The highest BCUT2D eigenvalue weighted by molar-refractivity contribution is 5.26. The second-order valence-corrected chi connectivity index (χ2v) is 7.74. The van der Waals surface area contributed by atoms with Crippen LogP contribution < -0.4 is 0 Å². The second kappa shape index (κ2) is 5.93. The lowest BCUT2D eigenvalue weighted by atomic mass is 9.61. The molecule has 2 nitrogen and oxygen atoms in total. The van der Waals surface area contributed by atoms with Crippen LogP contribution >= 0.6 is 0 Å². The van der Waals surface area contributed by atoms with E-state index in [4.69, 9.17) is 0 Å². The number of benzene rings is 1. The molecule has 22 heavy (non-hydrogen) atoms. The largest absolute Gasteiger partial charge is 0.306 e. The molecule has 0 N–H and O–H groups in total. The molecule has 1 spiro atoms. The average Bonchev–Trinajstić information content (AvgIpc) is 2.52. The van der Waals surface area contributed by atoms with Crippen molar-refractivity contribution in [3.63, 3.8) is 0 Å². The van der Waals surface area contributed by atoms with Crippen molar-refractivity contribution in [2.45, 2.75) is 44.1 Å². The second-order valence-electron chi connectivity index (χ2n) is 7.74. The van der Waals surface area contributed by atoms with E-state index in [9.17, 15) is 4.39 Å². The van der Waals surface area contributed by atoms with Crippen molar-refractivity contribution in [1.82, 2.24) is 9.80 Å². The van der Waals surface area contributed by atoms with Gasteiger partial charge in [0.2, 0.25) is 0 Å². The summed E-state index contributed by atoms with van der Waals surface area (Å²) in [5.41, 5.74) is 1.93. The Morgan fingerprint density at radius 2 is 1.45 bits per heavy atom. The molecular formula is C19H29FN2. The van der Waals surface area contributed by atoms with Crippen LogP contribution in [0.3, 0.4) is 0 Å². The topological polar surface area (TPSA) is 6.48 Å². The zero-order valence-electron chi connectivity index (χ0n) is 14.2. The third kappa shape index (κ3) is 2.81. The van der Waals surface area contributed by atoms with Crippen LogP contribution in [0.5, 0.6) is 0 Å². The summed E-state index contributed by atoms with van der Waals surface area (Å²) in [5, 5.41) is 0. The van der Waals surface area contributed by atoms with Gasteiger partial charge in [-0.05, 0) is 95.9 Å². The normalized spacial score (nSPS) is 24.8. The lowest BCUT2D eigenvalue weighted by Gasteiger charge is -2.52. The summed E-state index contributed by atoms with van der Waals surface area (Å²) < 4.78 is 13.3. The zero-order valence-corrected chi connectivity index (χ0v) is 14.2. The summed E-state index contributed by atoms with van der Waals surface area (Å²) in [7, 11) is 6.59. The Labute approximate surface area is 134 Å². The number of likely N-dealkylation sites (tertiary alicyclic amines) is 1. The maximum Gasteiger partial charge on any atom is 0.123 e. The number of hydrogen-bond donors (Lipinski definition) is 0. The van der Waals surface area contributed by atoms with Crippen LogP contribution in [0.1, 0.15) is 44.1 Å². The van der Waals surface area contributed by atoms with E-state index in [1.165, 1.54) is 57.2 Å². The minimum atomic E-state index is -0.139. The van der Waals surface area contributed by atoms with Gasteiger partial charge in [-0.2, -0.15) is 0 Å². The minimum Gasteiger partial charge on any atom is -0.306 e. The fourth-order valence-corrected chi connectivity index (χ4v) is 4.54. The molecule has 1 saturated carbocycles. The molecule has 0 atom stereocenters. The standard InChI is InChI=1S/C19H29FN2/c1-21(2)19(16-4-6-17(20)7-5-16)10-8-18(9-11-19)12-14-22(3)15-13-18/h4-7H,8-15H2,1-3H3. The first-order valence-corrected chi connectivity index (χ1v) is 8.58. The van der Waals surface area contributed by atoms with Crippen molar-refractivity contribution in [3.8, 4) is 0 Å². The van der Waals surface area contributed by atoms with Gasteiger partial charge in [0, 0.05) is 5.54 Å². The summed E-state index contributed by atoms with van der Waals surface area (Å²) >= 11 is 0. The molecule has 1 aromatic rings. The van der Waals surface area contributed by atoms with Gasteiger partial charge in [0.1, 0.15) is 5.82 Å². The average molecular weight is 304 g/mol. The fraction of sp³-hybridized carbons (Fsp3) is 0.684. The lowest BCUT2D eigenvalue weighted by molar-refractivity contribution is 0.00214. The molecule has 3 rings (SSSR count). The highest BCUT2D eigenvalue weighted by atomic mass is 19.1. The number of nitrogens with zero attached hydrogens (tertiary/aromatic N) is 2. The molecule has 2 aliphatic rings. The molecule has 0 radical (unpaired) electrons. The third-order valence-electron chi connectivity index (χ3n) is 6.42. The van der Waals surface area contributed by atoms with Crippen LogP contribution in [-0.4, -0.2) is 44.0 Å². The third-order valence-corrected chi connectivity index (χ3v) is 6.42. The maximum atomic E-state index is 13.3. The first-order chi connectivity index (χ1) is 10.5. The van der Waals surface area contributed by atoms with Gasteiger partial charge in [0.25, 0.3) is 0 Å². The predicted octanol–water partition coefficient (Wildman–Crippen LogP) is 3.87. The quantitative estimate of drug-likeness (QED) is 0.818. The fourth-order valence-electron chi connectivity index (χ4n) is 4.54. The predicted molar refractivity (Wildman–Crippen MR) is 89.4 cm³/mol. The van der Waals surface area contributed by atoms with E-state index >= 15 is 0 Å². The number of hydrogen-bond acceptors (Lipinski definition) is 2. The number of piperidine rings is 1. The first kappa shape index (κ1) is 15.9. The van der Waals surface area contributed by atoms with Crippen LogP contribution in [0.15, 0.2) is 24.3 Å². The van der Waals surface area contributed by atoms with Crippen LogP contribution in [0.25, 0.3) is 0 Å². The Kier molecular flexibility index (Phi) is 4.30. The number of rotatable bonds is 2. The summed E-state index contributed by atoms with van der Waals surface area (Å²) in [6.07, 6.45) is 7.67. The van der Waals surface area contributed by atoms with Crippen LogP contribution in [0.4, 0.5) is 4.39 Å². The molecule has 3 heteroatoms. The number of halogens is 1. The van der Waals surface area contributed by atoms with Gasteiger partial charge in [-0.25, -0.2) is 4.39 Å². The minimum absolute atomic E-state index is 0.0856. The highest BCUT2D eigenvalue weighted by Gasteiger charge is 2.45. The van der Waals surface area contributed by atoms with Gasteiger partial charge >= 0.3 is 0 Å². The lowest BCUT2D eigenvalue weighted by Crippen LogP contribution is -2.49. The van der Waals surface area contributed by atoms with Gasteiger partial charge in [-0.15, -0.1) is 0 Å². The van der Waals surface area contributed by atoms with Crippen molar-refractivity contribution in [1.29, 1.82) is 0 Å². The van der Waals surface area contributed by atoms with Crippen LogP contribution in [-0.2, 0) is 5.54 Å². The van der Waals surface area contributed by atoms with Crippen molar-refractivity contribution in [3.05, 3.63) is 35.6 Å². The van der Waals surface area contributed by atoms with Crippen LogP contribution in [0.2, 0.25) is 0 Å². The summed E-state index contributed by atoms with van der Waals surface area (Å²) in [4.78, 5) is 4.82. The van der Waals surface area contributed by atoms with Gasteiger partial charge in [-0.1, -0.05) is 12.1 Å². The van der Waals surface area contributed by atoms with Crippen molar-refractivity contribution in [2.24, 2.45) is 5.41 Å². The van der Waals surface area contributed by atoms with E-state index in [2.05, 4.69) is 30.9 Å². The van der Waals surface area contributed by atoms with Gasteiger partial charge in [0.05, 0.1) is 0 Å². The molecule has 1 heterocycles. The Morgan fingerprint density at radius 3 is 1.95 bits per heavy atom. The SMILES string of the molecule is CN1CCC2(CC1)CCC(c1ccc(F)cc1)(N(C)C)CC2. The van der Waals surface area contributed by atoms with Gasteiger partial charge in [-0.3, -0.25) is 4.90 Å². The molecule has 2 fully saturated rings. The summed E-state index contributed by atoms with van der Waals surface area (Å²) in [6, 6.07) is 7.20. The zero-order chi connectivity index (χ0) is 15.8. The molecular weight excluding hydrogens is 275 g/mol. The van der Waals surface area contributed by atoms with E-state index < -0.39 is 0 Å². The summed E-state index contributed by atoms with van der Waals surface area (Å²) in [6.45, 7) is 2.48. The van der Waals surface area contributed by atoms with Crippen molar-refractivity contribution in [2.75, 3.05) is 34.2 Å². The van der Waals surface area contributed by atoms with Crippen molar-refractivity contribution < 1.29 is 4.39 Å². The van der Waals surface area contributed by atoms with E-state index in [0.717, 1.165) is 0 Å². The molecule has 0 unspecified atom stereocenters. The molecule has 0 amide bonds. The monoisotopic (exact) mass is 304 g/mol. The molecule has 1 saturated heterocycles. The van der Waals surface area contributed by atoms with E-state index in [-0.39, 0.29) is 11.4 Å². The van der Waals surface area contributed by atoms with E-state index in [1.807, 2.05) is 12.1 Å². The summed E-state index contributed by atoms with van der Waals surface area (Å²) in [5.74, 6) is -0.139. The Morgan fingerprint density at radius 1 is 0.909 bits per heavy atom. The van der Waals surface area contributed by atoms with E-state index in [0.29, 0.717) is 5.41 Å². The van der Waals surface area contributed by atoms with Crippen LogP contribution in [0, 0.1) is 11.2 Å².